The van der Waals surface area contributed by atoms with Gasteiger partial charge in [0, 0.05) is 38.8 Å². The van der Waals surface area contributed by atoms with E-state index >= 15 is 0 Å². The van der Waals surface area contributed by atoms with Gasteiger partial charge in [0.25, 0.3) is 0 Å². The molecule has 0 spiro atoms. The third-order valence-electron chi connectivity index (χ3n) is 9.56. The Hall–Kier alpha value is -6.24. The van der Waals surface area contributed by atoms with E-state index in [1.807, 2.05) is 0 Å². The number of carbonyl (C=O) groups is 6. The molecule has 0 aliphatic carbocycles. The molecule has 1 saturated heterocycles. The molecule has 1 aromatic rings. The quantitative estimate of drug-likeness (QED) is 0.0214. The number of aromatic amines is 1. The molecule has 25 nitrogen and oxygen atoms in total. The van der Waals surface area contributed by atoms with Crippen molar-refractivity contribution < 1.29 is 33.9 Å². The van der Waals surface area contributed by atoms with Crippen molar-refractivity contribution in [2.24, 2.45) is 28.7 Å². The molecule has 0 bridgehead atoms. The summed E-state index contributed by atoms with van der Waals surface area (Å²) in [5, 5.41) is 50.5. The van der Waals surface area contributed by atoms with Gasteiger partial charge in [0.2, 0.25) is 29.5 Å². The number of nitrogens with zero attached hydrogens (tertiary/aromatic N) is 2. The van der Waals surface area contributed by atoms with Gasteiger partial charge in [-0.25, -0.2) is 9.78 Å². The van der Waals surface area contributed by atoms with Gasteiger partial charge in [-0.05, 0) is 77.2 Å². The summed E-state index contributed by atoms with van der Waals surface area (Å²) in [4.78, 5) is 88.9. The van der Waals surface area contributed by atoms with Gasteiger partial charge in [-0.3, -0.25) is 40.2 Å². The first kappa shape index (κ1) is 49.9. The number of rotatable bonds is 28. The number of guanidine groups is 3. The van der Waals surface area contributed by atoms with Gasteiger partial charge in [0.15, 0.2) is 17.9 Å². The lowest BCUT2D eigenvalue weighted by molar-refractivity contribution is -0.145. The molecule has 1 aromatic heterocycles. The van der Waals surface area contributed by atoms with E-state index in [2.05, 4.69) is 47.2 Å². The van der Waals surface area contributed by atoms with Crippen LogP contribution in [0.25, 0.3) is 0 Å². The molecule has 0 radical (unpaired) electrons. The van der Waals surface area contributed by atoms with Crippen molar-refractivity contribution in [2.45, 2.75) is 113 Å². The van der Waals surface area contributed by atoms with Crippen LogP contribution in [0.4, 0.5) is 0 Å². The van der Waals surface area contributed by atoms with E-state index in [-0.39, 0.29) is 88.9 Å². The lowest BCUT2D eigenvalue weighted by Gasteiger charge is -2.31. The van der Waals surface area contributed by atoms with Crippen LogP contribution in [-0.4, -0.2) is 142 Å². The van der Waals surface area contributed by atoms with Crippen LogP contribution in [0.15, 0.2) is 12.5 Å². The van der Waals surface area contributed by atoms with E-state index in [1.54, 1.807) is 0 Å². The number of amides is 5. The molecule has 1 aliphatic heterocycles. The number of nitrogens with one attached hydrogen (secondary N) is 11. The third-order valence-corrected chi connectivity index (χ3v) is 9.56. The fourth-order valence-electron chi connectivity index (χ4n) is 6.43. The number of carbonyl (C=O) groups excluding carboxylic acids is 5. The predicted molar refractivity (Wildman–Crippen MR) is 221 cm³/mol. The van der Waals surface area contributed by atoms with Crippen molar-refractivity contribution in [3.63, 3.8) is 0 Å². The zero-order valence-electron chi connectivity index (χ0n) is 33.8. The van der Waals surface area contributed by atoms with Crippen molar-refractivity contribution in [3.8, 4) is 0 Å². The van der Waals surface area contributed by atoms with Crippen LogP contribution in [0.5, 0.6) is 0 Å². The van der Waals surface area contributed by atoms with Crippen molar-refractivity contribution in [2.75, 3.05) is 32.7 Å². The first-order valence-electron chi connectivity index (χ1n) is 20.0. The van der Waals surface area contributed by atoms with Crippen LogP contribution in [0, 0.1) is 16.2 Å². The number of aliphatic carboxylic acids is 1. The smallest absolute Gasteiger partial charge is 0.326 e. The summed E-state index contributed by atoms with van der Waals surface area (Å²) in [6, 6.07) is -6.96. The second-order valence-electron chi connectivity index (χ2n) is 14.4. The van der Waals surface area contributed by atoms with Crippen LogP contribution in [0.3, 0.4) is 0 Å². The molecule has 25 heteroatoms. The Morgan fingerprint density at radius 2 is 1.27 bits per heavy atom. The van der Waals surface area contributed by atoms with E-state index in [0.717, 1.165) is 0 Å². The minimum atomic E-state index is -1.32. The summed E-state index contributed by atoms with van der Waals surface area (Å²) >= 11 is 0. The predicted octanol–water partition coefficient (Wildman–Crippen LogP) is -4.79. The number of carboxylic acids is 1. The highest BCUT2D eigenvalue weighted by molar-refractivity contribution is 5.96. The lowest BCUT2D eigenvalue weighted by Crippen LogP contribution is -2.59. The van der Waals surface area contributed by atoms with Gasteiger partial charge in [-0.2, -0.15) is 0 Å². The lowest BCUT2D eigenvalue weighted by atomic mass is 10.0. The van der Waals surface area contributed by atoms with Crippen molar-refractivity contribution in [3.05, 3.63) is 18.2 Å². The summed E-state index contributed by atoms with van der Waals surface area (Å²) < 4.78 is 0. The summed E-state index contributed by atoms with van der Waals surface area (Å²) in [6.45, 7) is 1.14. The average molecular weight is 849 g/mol. The van der Waals surface area contributed by atoms with Crippen LogP contribution in [0.1, 0.15) is 76.3 Å². The number of likely N-dealkylation sites (tertiary alicyclic amines) is 1. The summed E-state index contributed by atoms with van der Waals surface area (Å²) in [7, 11) is 0. The molecular formula is C35H64N18O7. The number of unbranched alkanes of at least 4 members (excludes halogenated alkanes) is 1. The van der Waals surface area contributed by atoms with Crippen LogP contribution >= 0.6 is 0 Å². The molecule has 1 aliphatic rings. The number of hydrogen-bond donors (Lipinski definition) is 17. The van der Waals surface area contributed by atoms with E-state index in [0.29, 0.717) is 44.5 Å². The Balaban J connectivity index is 2.30. The van der Waals surface area contributed by atoms with E-state index in [1.165, 1.54) is 17.4 Å². The molecule has 0 unspecified atom stereocenters. The Labute approximate surface area is 348 Å². The van der Waals surface area contributed by atoms with Crippen molar-refractivity contribution in [1.82, 2.24) is 52.1 Å². The number of aromatic nitrogens is 2. The largest absolute Gasteiger partial charge is 0.480 e. The maximum atomic E-state index is 14.2. The first-order valence-corrected chi connectivity index (χ1v) is 20.0. The highest BCUT2D eigenvalue weighted by Gasteiger charge is 2.39. The Morgan fingerprint density at radius 1 is 0.750 bits per heavy atom. The van der Waals surface area contributed by atoms with Gasteiger partial charge >= 0.3 is 5.97 Å². The normalized spacial score (nSPS) is 15.9. The monoisotopic (exact) mass is 849 g/mol. The fourth-order valence-corrected chi connectivity index (χ4v) is 6.43. The van der Waals surface area contributed by atoms with Crippen LogP contribution in [0.2, 0.25) is 0 Å². The molecule has 1 fully saturated rings. The average Bonchev–Trinajstić information content (AvgIpc) is 3.90. The molecule has 336 valence electrons. The zero-order chi connectivity index (χ0) is 44.6. The van der Waals surface area contributed by atoms with Gasteiger partial charge in [-0.1, -0.05) is 0 Å². The number of carboxylic acid groups (broad SMARTS) is 1. The second-order valence-corrected chi connectivity index (χ2v) is 14.4. The number of imidazole rings is 1. The molecule has 22 N–H and O–H groups in total. The van der Waals surface area contributed by atoms with Crippen LogP contribution < -0.4 is 65.9 Å². The second kappa shape index (κ2) is 26.7. The molecule has 0 aromatic carbocycles. The minimum Gasteiger partial charge on any atom is -0.480 e. The van der Waals surface area contributed by atoms with Gasteiger partial charge in [0.1, 0.15) is 30.2 Å². The molecule has 2 rings (SSSR count). The zero-order valence-corrected chi connectivity index (χ0v) is 33.8. The third kappa shape index (κ3) is 18.6. The van der Waals surface area contributed by atoms with Crippen molar-refractivity contribution >= 4 is 53.4 Å². The maximum absolute atomic E-state index is 14.2. The fraction of sp³-hybridized carbons (Fsp3) is 0.657. The van der Waals surface area contributed by atoms with Gasteiger partial charge < -0.3 is 80.9 Å². The Bertz CT molecular complexity index is 1590. The van der Waals surface area contributed by atoms with Gasteiger partial charge in [-0.15, -0.1) is 0 Å². The first-order chi connectivity index (χ1) is 28.5. The Kier molecular flexibility index (Phi) is 22.2. The minimum absolute atomic E-state index is 0.0394. The highest BCUT2D eigenvalue weighted by Crippen LogP contribution is 2.20. The SMILES string of the molecule is N=C(N)NCCC[C@H](NC(=O)[C@@H](N)CCCNC(=N)N)C(=O)N[C@@H](CCCCN)C(=O)N[C@@H](CCCNC(=N)N)C(=O)N1CCC[C@H]1C(=O)N[C@@H](Cc1c[nH]cn1)C(=O)O. The topological polar surface area (TPSA) is 440 Å². The molecule has 2 heterocycles. The molecule has 6 atom stereocenters. The van der Waals surface area contributed by atoms with E-state index in [4.69, 9.17) is 44.9 Å². The van der Waals surface area contributed by atoms with Crippen molar-refractivity contribution in [1.29, 1.82) is 16.2 Å². The standard InChI is InChI=1S/C35H64N18O7/c36-12-2-1-8-22(50-28(55)23(9-4-14-46-34(40)41)49-27(54)21(37)7-3-13-45-33(38)39)29(56)51-24(10-5-15-47-35(42)43)31(58)53-16-6-11-26(53)30(57)52-25(32(59)60)17-20-18-44-19-48-20/h18-19,21-26H,1-17,36-37H2,(H,44,48)(H,49,54)(H,50,55)(H,51,56)(H,52,57)(H,59,60)(H4,38,39,45)(H4,40,41,46)(H4,42,43,47)/t21-,22-,23-,24-,25-,26-/m0/s1. The molecular weight excluding hydrogens is 785 g/mol. The summed E-state index contributed by atoms with van der Waals surface area (Å²) in [6.07, 6.45) is 5.74. The summed E-state index contributed by atoms with van der Waals surface area (Å²) in [5.41, 5.74) is 28.3. The summed E-state index contributed by atoms with van der Waals surface area (Å²) in [5.74, 6) is -5.45. The van der Waals surface area contributed by atoms with Gasteiger partial charge in [0.05, 0.1) is 18.1 Å². The van der Waals surface area contributed by atoms with E-state index < -0.39 is 71.8 Å². The Morgan fingerprint density at radius 3 is 1.78 bits per heavy atom. The molecule has 60 heavy (non-hydrogen) atoms. The number of nitrogens with two attached hydrogens (primary N) is 5. The molecule has 5 amide bonds. The molecule has 0 saturated carbocycles. The number of H-pyrrole nitrogens is 1. The highest BCUT2D eigenvalue weighted by atomic mass is 16.4. The maximum Gasteiger partial charge on any atom is 0.326 e. The van der Waals surface area contributed by atoms with Crippen LogP contribution in [-0.2, 0) is 35.2 Å². The number of hydrogen-bond acceptors (Lipinski definition) is 12. The van der Waals surface area contributed by atoms with E-state index in [9.17, 15) is 33.9 Å².